The van der Waals surface area contributed by atoms with Crippen LogP contribution in [0.3, 0.4) is 0 Å². The van der Waals surface area contributed by atoms with E-state index in [2.05, 4.69) is 57.0 Å². The smallest absolute Gasteiger partial charge is 0.0236 e. The summed E-state index contributed by atoms with van der Waals surface area (Å²) in [7, 11) is 2.18. The highest BCUT2D eigenvalue weighted by Gasteiger charge is 2.22. The Kier molecular flexibility index (Phi) is 5.83. The third-order valence-electron chi connectivity index (χ3n) is 3.77. The monoisotopic (exact) mass is 248 g/mol. The molecule has 0 aromatic heterocycles. The Morgan fingerprint density at radius 1 is 1.11 bits per heavy atom. The maximum Gasteiger partial charge on any atom is 0.0236 e. The molecule has 0 saturated heterocycles. The summed E-state index contributed by atoms with van der Waals surface area (Å²) in [6.07, 6.45) is 3.41. The van der Waals surface area contributed by atoms with Crippen molar-refractivity contribution in [2.75, 3.05) is 13.6 Å². The van der Waals surface area contributed by atoms with E-state index in [-0.39, 0.29) is 5.54 Å². The van der Waals surface area contributed by atoms with E-state index in [4.69, 9.17) is 5.73 Å². The fourth-order valence-corrected chi connectivity index (χ4v) is 2.13. The predicted octanol–water partition coefficient (Wildman–Crippen LogP) is 3.20. The molecule has 18 heavy (non-hydrogen) atoms. The van der Waals surface area contributed by atoms with Gasteiger partial charge in [-0.1, -0.05) is 37.6 Å². The van der Waals surface area contributed by atoms with Gasteiger partial charge in [-0.2, -0.15) is 0 Å². The topological polar surface area (TPSA) is 29.3 Å². The quantitative estimate of drug-likeness (QED) is 0.803. The number of benzene rings is 1. The van der Waals surface area contributed by atoms with Gasteiger partial charge in [0.15, 0.2) is 0 Å². The summed E-state index contributed by atoms with van der Waals surface area (Å²) in [5.41, 5.74) is 8.65. The summed E-state index contributed by atoms with van der Waals surface area (Å²) in [6, 6.07) is 9.01. The van der Waals surface area contributed by atoms with Gasteiger partial charge in [-0.25, -0.2) is 0 Å². The Bertz CT molecular complexity index is 341. The molecule has 2 heteroatoms. The summed E-state index contributed by atoms with van der Waals surface area (Å²) in [5.74, 6) is 0. The second-order valence-corrected chi connectivity index (χ2v) is 5.77. The van der Waals surface area contributed by atoms with E-state index in [0.29, 0.717) is 0 Å². The van der Waals surface area contributed by atoms with Crippen LogP contribution in [0, 0.1) is 0 Å². The number of hydrogen-bond acceptors (Lipinski definition) is 2. The van der Waals surface area contributed by atoms with Gasteiger partial charge in [-0.15, -0.1) is 0 Å². The van der Waals surface area contributed by atoms with Crippen molar-refractivity contribution in [3.63, 3.8) is 0 Å². The summed E-state index contributed by atoms with van der Waals surface area (Å²) in [5, 5.41) is 0. The van der Waals surface area contributed by atoms with Crippen molar-refractivity contribution in [2.45, 2.75) is 52.1 Å². The van der Waals surface area contributed by atoms with E-state index in [9.17, 15) is 0 Å². The fourth-order valence-electron chi connectivity index (χ4n) is 2.13. The van der Waals surface area contributed by atoms with E-state index in [1.807, 2.05) is 0 Å². The molecular weight excluding hydrogens is 220 g/mol. The lowest BCUT2D eigenvalue weighted by Gasteiger charge is -2.35. The highest BCUT2D eigenvalue weighted by molar-refractivity contribution is 5.22. The van der Waals surface area contributed by atoms with Crippen LogP contribution < -0.4 is 5.73 Å². The highest BCUT2D eigenvalue weighted by Crippen LogP contribution is 2.19. The SMILES string of the molecule is CCCc1ccc(CN(C)C(C)(C)CCN)cc1. The number of nitrogens with two attached hydrogens (primary N) is 1. The third-order valence-corrected chi connectivity index (χ3v) is 3.77. The van der Waals surface area contributed by atoms with Gasteiger partial charge < -0.3 is 5.73 Å². The Balaban J connectivity index is 2.61. The lowest BCUT2D eigenvalue weighted by molar-refractivity contribution is 0.140. The van der Waals surface area contributed by atoms with Gasteiger partial charge in [0.2, 0.25) is 0 Å². The molecule has 0 unspecified atom stereocenters. The van der Waals surface area contributed by atoms with Gasteiger partial charge in [0, 0.05) is 12.1 Å². The minimum atomic E-state index is 0.164. The molecule has 0 aliphatic carbocycles. The van der Waals surface area contributed by atoms with Gasteiger partial charge >= 0.3 is 0 Å². The summed E-state index contributed by atoms with van der Waals surface area (Å²) < 4.78 is 0. The van der Waals surface area contributed by atoms with Crippen molar-refractivity contribution < 1.29 is 0 Å². The molecule has 0 spiro atoms. The van der Waals surface area contributed by atoms with Crippen LogP contribution in [0.4, 0.5) is 0 Å². The molecule has 0 fully saturated rings. The Labute approximate surface area is 112 Å². The number of rotatable bonds is 7. The lowest BCUT2D eigenvalue weighted by Crippen LogP contribution is -2.42. The molecule has 0 radical (unpaired) electrons. The molecule has 0 atom stereocenters. The Hall–Kier alpha value is -0.860. The van der Waals surface area contributed by atoms with E-state index in [0.717, 1.165) is 19.5 Å². The van der Waals surface area contributed by atoms with Gasteiger partial charge in [-0.05, 0) is 51.4 Å². The maximum atomic E-state index is 5.67. The normalized spacial score (nSPS) is 12.1. The summed E-state index contributed by atoms with van der Waals surface area (Å²) >= 11 is 0. The average Bonchev–Trinajstić information content (AvgIpc) is 2.32. The molecule has 0 heterocycles. The van der Waals surface area contributed by atoms with Crippen LogP contribution in [0.25, 0.3) is 0 Å². The Morgan fingerprint density at radius 2 is 1.67 bits per heavy atom. The summed E-state index contributed by atoms with van der Waals surface area (Å²) in [6.45, 7) is 8.46. The van der Waals surface area contributed by atoms with Crippen molar-refractivity contribution in [3.8, 4) is 0 Å². The molecule has 2 nitrogen and oxygen atoms in total. The molecular formula is C16H28N2. The van der Waals surface area contributed by atoms with Crippen molar-refractivity contribution in [1.82, 2.24) is 4.90 Å². The third kappa shape index (κ3) is 4.43. The molecule has 0 amide bonds. The van der Waals surface area contributed by atoms with Crippen molar-refractivity contribution >= 4 is 0 Å². The van der Waals surface area contributed by atoms with Crippen LogP contribution in [0.5, 0.6) is 0 Å². The number of nitrogens with zero attached hydrogens (tertiary/aromatic N) is 1. The first kappa shape index (κ1) is 15.2. The van der Waals surface area contributed by atoms with E-state index < -0.39 is 0 Å². The second kappa shape index (κ2) is 6.91. The summed E-state index contributed by atoms with van der Waals surface area (Å²) in [4.78, 5) is 2.38. The molecule has 0 bridgehead atoms. The number of aryl methyl sites for hydroxylation is 1. The molecule has 0 saturated carbocycles. The Morgan fingerprint density at radius 3 is 2.17 bits per heavy atom. The van der Waals surface area contributed by atoms with Crippen LogP contribution in [-0.4, -0.2) is 24.0 Å². The zero-order chi connectivity index (χ0) is 13.6. The van der Waals surface area contributed by atoms with Gasteiger partial charge in [0.25, 0.3) is 0 Å². The van der Waals surface area contributed by atoms with Crippen LogP contribution in [0.1, 0.15) is 44.7 Å². The molecule has 102 valence electrons. The fraction of sp³-hybridized carbons (Fsp3) is 0.625. The van der Waals surface area contributed by atoms with Crippen LogP contribution in [0.2, 0.25) is 0 Å². The maximum absolute atomic E-state index is 5.67. The van der Waals surface area contributed by atoms with Crippen LogP contribution in [-0.2, 0) is 13.0 Å². The minimum Gasteiger partial charge on any atom is -0.330 e. The second-order valence-electron chi connectivity index (χ2n) is 5.77. The highest BCUT2D eigenvalue weighted by atomic mass is 15.2. The number of hydrogen-bond donors (Lipinski definition) is 1. The first-order valence-corrected chi connectivity index (χ1v) is 6.98. The minimum absolute atomic E-state index is 0.164. The van der Waals surface area contributed by atoms with Crippen LogP contribution >= 0.6 is 0 Å². The van der Waals surface area contributed by atoms with E-state index in [1.165, 1.54) is 24.0 Å². The van der Waals surface area contributed by atoms with Crippen molar-refractivity contribution in [3.05, 3.63) is 35.4 Å². The molecule has 2 N–H and O–H groups in total. The van der Waals surface area contributed by atoms with Crippen molar-refractivity contribution in [1.29, 1.82) is 0 Å². The van der Waals surface area contributed by atoms with Crippen LogP contribution in [0.15, 0.2) is 24.3 Å². The molecule has 1 rings (SSSR count). The average molecular weight is 248 g/mol. The lowest BCUT2D eigenvalue weighted by atomic mass is 9.98. The zero-order valence-corrected chi connectivity index (χ0v) is 12.4. The van der Waals surface area contributed by atoms with E-state index >= 15 is 0 Å². The first-order chi connectivity index (χ1) is 8.49. The standard InChI is InChI=1S/C16H28N2/c1-5-6-14-7-9-15(10-8-14)13-18(4)16(2,3)11-12-17/h7-10H,5-6,11-13,17H2,1-4H3. The van der Waals surface area contributed by atoms with Gasteiger partial charge in [-0.3, -0.25) is 4.90 Å². The molecule has 0 aliphatic heterocycles. The largest absolute Gasteiger partial charge is 0.330 e. The van der Waals surface area contributed by atoms with Gasteiger partial charge in [0.1, 0.15) is 0 Å². The molecule has 1 aromatic rings. The van der Waals surface area contributed by atoms with E-state index in [1.54, 1.807) is 0 Å². The first-order valence-electron chi connectivity index (χ1n) is 6.98. The zero-order valence-electron chi connectivity index (χ0n) is 12.4. The molecule has 0 aliphatic rings. The molecule has 1 aromatic carbocycles. The van der Waals surface area contributed by atoms with Crippen molar-refractivity contribution in [2.24, 2.45) is 5.73 Å². The van der Waals surface area contributed by atoms with Gasteiger partial charge in [0.05, 0.1) is 0 Å². The predicted molar refractivity (Wildman–Crippen MR) is 79.7 cm³/mol.